The van der Waals surface area contributed by atoms with Crippen molar-refractivity contribution in [3.63, 3.8) is 0 Å². The fourth-order valence-corrected chi connectivity index (χ4v) is 2.75. The van der Waals surface area contributed by atoms with Crippen LogP contribution in [0.2, 0.25) is 0 Å². The fourth-order valence-electron chi connectivity index (χ4n) is 2.75. The lowest BCUT2D eigenvalue weighted by molar-refractivity contribution is -0.117. The number of hydrogen-bond donors (Lipinski definition) is 2. The van der Waals surface area contributed by atoms with Gasteiger partial charge in [-0.05, 0) is 37.8 Å². The zero-order valence-electron chi connectivity index (χ0n) is 14.7. The van der Waals surface area contributed by atoms with Crippen LogP contribution in [0, 0.1) is 0 Å². The zero-order chi connectivity index (χ0) is 16.5. The van der Waals surface area contributed by atoms with E-state index in [0.29, 0.717) is 0 Å². The van der Waals surface area contributed by atoms with Crippen molar-refractivity contribution in [1.82, 2.24) is 10.6 Å². The van der Waals surface area contributed by atoms with Crippen LogP contribution >= 0.6 is 24.0 Å². The molecule has 134 valence electrons. The zero-order valence-corrected chi connectivity index (χ0v) is 17.0. The normalized spacial score (nSPS) is 13.8. The Morgan fingerprint density at radius 2 is 2.04 bits per heavy atom. The highest BCUT2D eigenvalue weighted by Crippen LogP contribution is 2.26. The first-order valence-corrected chi connectivity index (χ1v) is 8.66. The van der Waals surface area contributed by atoms with Gasteiger partial charge in [0.15, 0.2) is 5.96 Å². The minimum absolute atomic E-state index is 0. The number of amides is 1. The number of anilines is 1. The summed E-state index contributed by atoms with van der Waals surface area (Å²) in [6.07, 6.45) is 4.29. The van der Waals surface area contributed by atoms with Gasteiger partial charge in [-0.2, -0.15) is 0 Å². The molecule has 1 aromatic rings. The third-order valence-electron chi connectivity index (χ3n) is 3.95. The third-order valence-corrected chi connectivity index (χ3v) is 3.95. The summed E-state index contributed by atoms with van der Waals surface area (Å²) in [7, 11) is 0. The quantitative estimate of drug-likeness (QED) is 0.307. The van der Waals surface area contributed by atoms with E-state index in [2.05, 4.69) is 28.6 Å². The second-order valence-corrected chi connectivity index (χ2v) is 5.75. The predicted octanol–water partition coefficient (Wildman–Crippen LogP) is 2.94. The molecule has 0 atom stereocenters. The van der Waals surface area contributed by atoms with Crippen molar-refractivity contribution in [2.75, 3.05) is 31.1 Å². The van der Waals surface area contributed by atoms with Crippen molar-refractivity contribution < 1.29 is 4.79 Å². The van der Waals surface area contributed by atoms with Crippen molar-refractivity contribution >= 4 is 41.5 Å². The number of hydrogen-bond acceptors (Lipinski definition) is 2. The highest BCUT2D eigenvalue weighted by atomic mass is 127. The van der Waals surface area contributed by atoms with Crippen molar-refractivity contribution in [3.8, 4) is 0 Å². The molecule has 0 aliphatic carbocycles. The number of rotatable bonds is 6. The summed E-state index contributed by atoms with van der Waals surface area (Å²) in [6, 6.07) is 8.16. The highest BCUT2D eigenvalue weighted by Gasteiger charge is 2.21. The average molecular weight is 444 g/mol. The SMILES string of the molecule is CCCCNC(=NCC(=O)N1CCCc2ccccc21)NCC.I. The number of guanidine groups is 1. The molecule has 0 spiro atoms. The molecule has 1 amide bonds. The molecule has 5 nitrogen and oxygen atoms in total. The van der Waals surface area contributed by atoms with Gasteiger partial charge in [0.05, 0.1) is 0 Å². The number of aliphatic imine (C=N–C) groups is 1. The maximum Gasteiger partial charge on any atom is 0.248 e. The average Bonchev–Trinajstić information content (AvgIpc) is 2.59. The van der Waals surface area contributed by atoms with E-state index in [4.69, 9.17) is 0 Å². The molecular weight excluding hydrogens is 415 g/mol. The number of fused-ring (bicyclic) bond motifs is 1. The molecule has 1 aliphatic heterocycles. The lowest BCUT2D eigenvalue weighted by Gasteiger charge is -2.29. The van der Waals surface area contributed by atoms with Crippen LogP contribution in [0.15, 0.2) is 29.3 Å². The van der Waals surface area contributed by atoms with E-state index in [1.165, 1.54) is 5.56 Å². The maximum atomic E-state index is 12.6. The number of nitrogens with zero attached hydrogens (tertiary/aromatic N) is 2. The maximum absolute atomic E-state index is 12.6. The number of para-hydroxylation sites is 1. The minimum atomic E-state index is 0. The van der Waals surface area contributed by atoms with Gasteiger partial charge in [-0.15, -0.1) is 24.0 Å². The van der Waals surface area contributed by atoms with Crippen molar-refractivity contribution in [3.05, 3.63) is 29.8 Å². The molecule has 0 saturated carbocycles. The third kappa shape index (κ3) is 5.96. The summed E-state index contributed by atoms with van der Waals surface area (Å²) < 4.78 is 0. The molecule has 0 bridgehead atoms. The van der Waals surface area contributed by atoms with Crippen molar-refractivity contribution in [2.45, 2.75) is 39.5 Å². The Morgan fingerprint density at radius 3 is 2.79 bits per heavy atom. The van der Waals surface area contributed by atoms with Gasteiger partial charge >= 0.3 is 0 Å². The van der Waals surface area contributed by atoms with E-state index in [1.54, 1.807) is 0 Å². The summed E-state index contributed by atoms with van der Waals surface area (Å²) in [4.78, 5) is 18.9. The molecule has 0 fully saturated rings. The standard InChI is InChI=1S/C18H28N4O.HI/c1-3-5-12-20-18(19-4-2)21-14-17(23)22-13-8-10-15-9-6-7-11-16(15)22;/h6-7,9,11H,3-5,8,10,12-14H2,1-2H3,(H2,19,20,21);1H. The predicted molar refractivity (Wildman–Crippen MR) is 111 cm³/mol. The molecule has 1 heterocycles. The van der Waals surface area contributed by atoms with Crippen LogP contribution < -0.4 is 15.5 Å². The molecular formula is C18H29IN4O. The molecule has 1 aliphatic rings. The second-order valence-electron chi connectivity index (χ2n) is 5.75. The van der Waals surface area contributed by atoms with Gasteiger partial charge < -0.3 is 15.5 Å². The Labute approximate surface area is 162 Å². The molecule has 0 radical (unpaired) electrons. The van der Waals surface area contributed by atoms with E-state index in [9.17, 15) is 4.79 Å². The van der Waals surface area contributed by atoms with E-state index in [-0.39, 0.29) is 36.4 Å². The second kappa shape index (κ2) is 11.3. The van der Waals surface area contributed by atoms with Gasteiger partial charge in [-0.3, -0.25) is 4.79 Å². The summed E-state index contributed by atoms with van der Waals surface area (Å²) in [5, 5.41) is 6.45. The minimum Gasteiger partial charge on any atom is -0.357 e. The summed E-state index contributed by atoms with van der Waals surface area (Å²) in [6.45, 7) is 6.81. The summed E-state index contributed by atoms with van der Waals surface area (Å²) in [5.41, 5.74) is 2.30. The van der Waals surface area contributed by atoms with Crippen LogP contribution in [0.3, 0.4) is 0 Å². The number of unbranched alkanes of at least 4 members (excludes halogenated alkanes) is 1. The molecule has 2 N–H and O–H groups in total. The van der Waals surface area contributed by atoms with Gasteiger partial charge in [-0.25, -0.2) is 4.99 Å². The lowest BCUT2D eigenvalue weighted by atomic mass is 10.0. The Hall–Kier alpha value is -1.31. The van der Waals surface area contributed by atoms with Crippen LogP contribution in [-0.4, -0.2) is 38.0 Å². The van der Waals surface area contributed by atoms with E-state index < -0.39 is 0 Å². The number of halogens is 1. The fraction of sp³-hybridized carbons (Fsp3) is 0.556. The molecule has 24 heavy (non-hydrogen) atoms. The van der Waals surface area contributed by atoms with Gasteiger partial charge in [0, 0.05) is 25.3 Å². The summed E-state index contributed by atoms with van der Waals surface area (Å²) in [5.74, 6) is 0.782. The Morgan fingerprint density at radius 1 is 1.25 bits per heavy atom. The monoisotopic (exact) mass is 444 g/mol. The molecule has 6 heteroatoms. The molecule has 1 aromatic carbocycles. The van der Waals surface area contributed by atoms with Gasteiger partial charge in [0.2, 0.25) is 5.91 Å². The van der Waals surface area contributed by atoms with E-state index in [0.717, 1.165) is 57.0 Å². The van der Waals surface area contributed by atoms with Crippen molar-refractivity contribution in [1.29, 1.82) is 0 Å². The van der Waals surface area contributed by atoms with E-state index >= 15 is 0 Å². The van der Waals surface area contributed by atoms with Crippen LogP contribution in [-0.2, 0) is 11.2 Å². The first-order valence-electron chi connectivity index (χ1n) is 8.66. The van der Waals surface area contributed by atoms with Gasteiger partial charge in [0.25, 0.3) is 0 Å². The smallest absolute Gasteiger partial charge is 0.248 e. The molecule has 2 rings (SSSR count). The first-order chi connectivity index (χ1) is 11.3. The van der Waals surface area contributed by atoms with Crippen LogP contribution in [0.5, 0.6) is 0 Å². The number of carbonyl (C=O) groups excluding carboxylic acids is 1. The largest absolute Gasteiger partial charge is 0.357 e. The number of nitrogens with one attached hydrogen (secondary N) is 2. The van der Waals surface area contributed by atoms with Gasteiger partial charge in [0.1, 0.15) is 6.54 Å². The Kier molecular flexibility index (Phi) is 9.75. The Balaban J connectivity index is 0.00000288. The Bertz CT molecular complexity index is 548. The topological polar surface area (TPSA) is 56.7 Å². The lowest BCUT2D eigenvalue weighted by Crippen LogP contribution is -2.40. The first kappa shape index (κ1) is 20.7. The number of carbonyl (C=O) groups is 1. The van der Waals surface area contributed by atoms with Crippen LogP contribution in [0.25, 0.3) is 0 Å². The van der Waals surface area contributed by atoms with E-state index in [1.807, 2.05) is 30.0 Å². The highest BCUT2D eigenvalue weighted by molar-refractivity contribution is 14.0. The molecule has 0 unspecified atom stereocenters. The van der Waals surface area contributed by atoms with Crippen molar-refractivity contribution in [2.24, 2.45) is 4.99 Å². The van der Waals surface area contributed by atoms with Crippen LogP contribution in [0.1, 0.15) is 38.7 Å². The molecule has 0 aromatic heterocycles. The number of benzene rings is 1. The molecule has 0 saturated heterocycles. The van der Waals surface area contributed by atoms with Crippen LogP contribution in [0.4, 0.5) is 5.69 Å². The summed E-state index contributed by atoms with van der Waals surface area (Å²) >= 11 is 0. The number of aryl methyl sites for hydroxylation is 1. The van der Waals surface area contributed by atoms with Gasteiger partial charge in [-0.1, -0.05) is 31.5 Å².